The van der Waals surface area contributed by atoms with Gasteiger partial charge in [-0.25, -0.2) is 0 Å². The molecule has 0 radical (unpaired) electrons. The molecule has 7 nitrogen and oxygen atoms in total. The summed E-state index contributed by atoms with van der Waals surface area (Å²) in [5.74, 6) is -0.834. The van der Waals surface area contributed by atoms with E-state index in [1.807, 2.05) is 37.3 Å². The third-order valence-corrected chi connectivity index (χ3v) is 4.34. The number of aromatic nitrogens is 3. The lowest BCUT2D eigenvalue weighted by atomic mass is 10.2. The van der Waals surface area contributed by atoms with Crippen LogP contribution in [0, 0.1) is 0 Å². The third kappa shape index (κ3) is 4.02. The second kappa shape index (κ2) is 8.01. The minimum Gasteiger partial charge on any atom is -0.356 e. The smallest absolute Gasteiger partial charge is 0.286 e. The SMILES string of the molecule is CCc1c(C(=O)NNC(=O)c2cc(Br)c[nH]2)cnn1Cc1ccccc1. The molecule has 3 rings (SSSR count). The van der Waals surface area contributed by atoms with Crippen molar-refractivity contribution in [1.29, 1.82) is 0 Å². The van der Waals surface area contributed by atoms with Crippen LogP contribution in [0.5, 0.6) is 0 Å². The van der Waals surface area contributed by atoms with Gasteiger partial charge in [0.15, 0.2) is 0 Å². The molecule has 3 aromatic rings. The number of carbonyl (C=O) groups is 2. The van der Waals surface area contributed by atoms with E-state index in [9.17, 15) is 9.59 Å². The normalized spacial score (nSPS) is 10.5. The summed E-state index contributed by atoms with van der Waals surface area (Å²) in [6.07, 6.45) is 3.81. The molecule has 1 aromatic carbocycles. The topological polar surface area (TPSA) is 91.8 Å². The summed E-state index contributed by atoms with van der Waals surface area (Å²) >= 11 is 3.26. The highest BCUT2D eigenvalue weighted by atomic mass is 79.9. The van der Waals surface area contributed by atoms with E-state index in [0.29, 0.717) is 24.2 Å². The molecule has 3 N–H and O–H groups in total. The van der Waals surface area contributed by atoms with Crippen molar-refractivity contribution in [3.05, 3.63) is 75.8 Å². The zero-order valence-electron chi connectivity index (χ0n) is 14.1. The lowest BCUT2D eigenvalue weighted by Crippen LogP contribution is -2.42. The minimum absolute atomic E-state index is 0.340. The Hall–Kier alpha value is -2.87. The molecular weight excluding hydrogens is 398 g/mol. The molecule has 26 heavy (non-hydrogen) atoms. The second-order valence-electron chi connectivity index (χ2n) is 5.64. The lowest BCUT2D eigenvalue weighted by molar-refractivity contribution is 0.0843. The Morgan fingerprint density at radius 3 is 2.58 bits per heavy atom. The quantitative estimate of drug-likeness (QED) is 0.559. The van der Waals surface area contributed by atoms with Gasteiger partial charge in [-0.1, -0.05) is 37.3 Å². The molecule has 8 heteroatoms. The van der Waals surface area contributed by atoms with Gasteiger partial charge in [-0.2, -0.15) is 5.10 Å². The summed E-state index contributed by atoms with van der Waals surface area (Å²) in [6, 6.07) is 11.5. The molecule has 134 valence electrons. The van der Waals surface area contributed by atoms with Crippen LogP contribution in [0.15, 0.2) is 53.3 Å². The van der Waals surface area contributed by atoms with Gasteiger partial charge in [-0.3, -0.25) is 25.1 Å². The summed E-state index contributed by atoms with van der Waals surface area (Å²) in [5, 5.41) is 4.32. The fraction of sp³-hybridized carbons (Fsp3) is 0.167. The first kappa shape index (κ1) is 17.9. The van der Waals surface area contributed by atoms with E-state index in [1.165, 1.54) is 6.20 Å². The number of hydrazine groups is 1. The van der Waals surface area contributed by atoms with Crippen LogP contribution in [0.1, 0.15) is 39.0 Å². The summed E-state index contributed by atoms with van der Waals surface area (Å²) in [6.45, 7) is 2.55. The fourth-order valence-electron chi connectivity index (χ4n) is 2.61. The summed E-state index contributed by atoms with van der Waals surface area (Å²) in [5.41, 5.74) is 7.51. The first-order valence-corrected chi connectivity index (χ1v) is 8.91. The molecule has 0 aliphatic heterocycles. The van der Waals surface area contributed by atoms with Gasteiger partial charge in [0.05, 0.1) is 24.0 Å². The molecule has 2 amide bonds. The molecule has 0 atom stereocenters. The molecule has 0 fully saturated rings. The highest BCUT2D eigenvalue weighted by Gasteiger charge is 2.17. The number of nitrogens with one attached hydrogen (secondary N) is 3. The molecule has 0 saturated heterocycles. The lowest BCUT2D eigenvalue weighted by Gasteiger charge is -2.09. The van der Waals surface area contributed by atoms with E-state index in [4.69, 9.17) is 0 Å². The van der Waals surface area contributed by atoms with Crippen molar-refractivity contribution < 1.29 is 9.59 Å². The molecule has 0 aliphatic rings. The maximum atomic E-state index is 12.4. The van der Waals surface area contributed by atoms with E-state index in [1.54, 1.807) is 16.9 Å². The highest BCUT2D eigenvalue weighted by Crippen LogP contribution is 2.13. The predicted molar refractivity (Wildman–Crippen MR) is 101 cm³/mol. The van der Waals surface area contributed by atoms with Gasteiger partial charge in [0.2, 0.25) is 0 Å². The molecule has 0 spiro atoms. The predicted octanol–water partition coefficient (Wildman–Crippen LogP) is 2.66. The Morgan fingerprint density at radius 2 is 1.92 bits per heavy atom. The third-order valence-electron chi connectivity index (χ3n) is 3.89. The van der Waals surface area contributed by atoms with E-state index in [2.05, 4.69) is 36.9 Å². The number of hydrogen-bond donors (Lipinski definition) is 3. The summed E-state index contributed by atoms with van der Waals surface area (Å²) in [4.78, 5) is 27.2. The monoisotopic (exact) mass is 415 g/mol. The average molecular weight is 416 g/mol. The number of benzene rings is 1. The van der Waals surface area contributed by atoms with Crippen LogP contribution in [-0.2, 0) is 13.0 Å². The average Bonchev–Trinajstić information content (AvgIpc) is 3.26. The molecule has 0 saturated carbocycles. The van der Waals surface area contributed by atoms with Gasteiger partial charge in [-0.05, 0) is 34.0 Å². The first-order valence-electron chi connectivity index (χ1n) is 8.11. The molecule has 2 heterocycles. The molecule has 0 aliphatic carbocycles. The van der Waals surface area contributed by atoms with Crippen LogP contribution in [0.3, 0.4) is 0 Å². The second-order valence-corrected chi connectivity index (χ2v) is 6.56. The fourth-order valence-corrected chi connectivity index (χ4v) is 2.96. The number of halogens is 1. The zero-order valence-corrected chi connectivity index (χ0v) is 15.7. The van der Waals surface area contributed by atoms with Crippen LogP contribution in [0.25, 0.3) is 0 Å². The van der Waals surface area contributed by atoms with Gasteiger partial charge >= 0.3 is 0 Å². The summed E-state index contributed by atoms with van der Waals surface area (Å²) < 4.78 is 2.55. The van der Waals surface area contributed by atoms with E-state index < -0.39 is 11.8 Å². The van der Waals surface area contributed by atoms with Gasteiger partial charge in [0.25, 0.3) is 11.8 Å². The minimum atomic E-state index is -0.432. The summed E-state index contributed by atoms with van der Waals surface area (Å²) in [7, 11) is 0. The van der Waals surface area contributed by atoms with Crippen LogP contribution in [0.4, 0.5) is 0 Å². The molecule has 0 unspecified atom stereocenters. The van der Waals surface area contributed by atoms with Gasteiger partial charge in [-0.15, -0.1) is 0 Å². The van der Waals surface area contributed by atoms with Crippen molar-refractivity contribution in [3.8, 4) is 0 Å². The van der Waals surface area contributed by atoms with E-state index in [0.717, 1.165) is 15.7 Å². The zero-order chi connectivity index (χ0) is 18.5. The van der Waals surface area contributed by atoms with Gasteiger partial charge in [0.1, 0.15) is 5.69 Å². The largest absolute Gasteiger partial charge is 0.356 e. The molecular formula is C18H18BrN5O2. The van der Waals surface area contributed by atoms with Gasteiger partial charge in [0, 0.05) is 10.7 Å². The maximum Gasteiger partial charge on any atom is 0.286 e. The van der Waals surface area contributed by atoms with Crippen molar-refractivity contribution in [2.75, 3.05) is 0 Å². The number of H-pyrrole nitrogens is 1. The standard InChI is InChI=1S/C18H18BrN5O2/c1-2-16-14(10-21-24(16)11-12-6-4-3-5-7-12)17(25)22-23-18(26)15-8-13(19)9-20-15/h3-10,20H,2,11H2,1H3,(H,22,25)(H,23,26). The number of amides is 2. The van der Waals surface area contributed by atoms with Crippen LogP contribution < -0.4 is 10.9 Å². The van der Waals surface area contributed by atoms with Crippen molar-refractivity contribution in [2.45, 2.75) is 19.9 Å². The first-order chi connectivity index (χ1) is 12.6. The maximum absolute atomic E-state index is 12.4. The van der Waals surface area contributed by atoms with E-state index >= 15 is 0 Å². The van der Waals surface area contributed by atoms with Crippen molar-refractivity contribution >= 4 is 27.7 Å². The Bertz CT molecular complexity index is 917. The molecule has 0 bridgehead atoms. The van der Waals surface area contributed by atoms with Crippen LogP contribution in [0.2, 0.25) is 0 Å². The Balaban J connectivity index is 1.68. The Morgan fingerprint density at radius 1 is 1.19 bits per heavy atom. The number of carbonyl (C=O) groups excluding carboxylic acids is 2. The van der Waals surface area contributed by atoms with Crippen LogP contribution in [-0.4, -0.2) is 26.6 Å². The van der Waals surface area contributed by atoms with Gasteiger partial charge < -0.3 is 4.98 Å². The van der Waals surface area contributed by atoms with E-state index in [-0.39, 0.29) is 0 Å². The van der Waals surface area contributed by atoms with Crippen molar-refractivity contribution in [3.63, 3.8) is 0 Å². The van der Waals surface area contributed by atoms with Crippen LogP contribution >= 0.6 is 15.9 Å². The highest BCUT2D eigenvalue weighted by molar-refractivity contribution is 9.10. The van der Waals surface area contributed by atoms with Crippen molar-refractivity contribution in [2.24, 2.45) is 0 Å². The Kier molecular flexibility index (Phi) is 5.52. The number of rotatable bonds is 5. The Labute approximate surface area is 158 Å². The van der Waals surface area contributed by atoms with Crippen molar-refractivity contribution in [1.82, 2.24) is 25.6 Å². The number of aromatic amines is 1. The number of nitrogens with zero attached hydrogens (tertiary/aromatic N) is 2. The molecule has 2 aromatic heterocycles. The number of hydrogen-bond acceptors (Lipinski definition) is 3.